The lowest BCUT2D eigenvalue weighted by Gasteiger charge is -2.23. The molecule has 1 aliphatic heterocycles. The number of anilines is 2. The summed E-state index contributed by atoms with van der Waals surface area (Å²) in [5.41, 5.74) is 2.33. The Balaban J connectivity index is 1.59. The Morgan fingerprint density at radius 2 is 2.00 bits per heavy atom. The third-order valence-corrected chi connectivity index (χ3v) is 5.39. The van der Waals surface area contributed by atoms with Gasteiger partial charge in [0.25, 0.3) is 0 Å². The zero-order chi connectivity index (χ0) is 20.8. The topological polar surface area (TPSA) is 74.8 Å². The maximum Gasteiger partial charge on any atom is 0.339 e. The number of aryl methyl sites for hydroxylation is 1. The van der Waals surface area contributed by atoms with Crippen LogP contribution in [0.3, 0.4) is 0 Å². The second-order valence-electron chi connectivity index (χ2n) is 6.87. The fourth-order valence-electron chi connectivity index (χ4n) is 3.17. The van der Waals surface area contributed by atoms with Gasteiger partial charge in [0.15, 0.2) is 0 Å². The van der Waals surface area contributed by atoms with Crippen molar-refractivity contribution in [1.29, 1.82) is 0 Å². The summed E-state index contributed by atoms with van der Waals surface area (Å²) < 4.78 is 5.86. The number of ether oxygens (including phenoxy) is 1. The first-order valence-corrected chi connectivity index (χ1v) is 10.5. The number of nitrogens with zero attached hydrogens (tertiary/aromatic N) is 3. The molecule has 0 aliphatic carbocycles. The molecule has 1 saturated heterocycles. The molecule has 1 aromatic heterocycles. The molecular weight excluding hydrogens is 436 g/mol. The third-order valence-electron chi connectivity index (χ3n) is 4.73. The van der Waals surface area contributed by atoms with Crippen LogP contribution in [0.15, 0.2) is 41.0 Å². The molecule has 154 valence electrons. The Kier molecular flexibility index (Phi) is 7.09. The average Bonchev–Trinajstić information content (AvgIpc) is 2.97. The first-order valence-electron chi connectivity index (χ1n) is 9.68. The molecule has 1 aliphatic rings. The fraction of sp³-hybridized carbons (Fsp3) is 0.381. The lowest BCUT2D eigenvalue weighted by molar-refractivity contribution is 0.0526. The van der Waals surface area contributed by atoms with Crippen molar-refractivity contribution in [3.63, 3.8) is 0 Å². The second kappa shape index (κ2) is 9.73. The van der Waals surface area contributed by atoms with Crippen molar-refractivity contribution in [2.45, 2.75) is 20.3 Å². The molecule has 2 heterocycles. The maximum atomic E-state index is 12.7. The van der Waals surface area contributed by atoms with Crippen LogP contribution in [0.5, 0.6) is 0 Å². The molecule has 0 atom stereocenters. The zero-order valence-corrected chi connectivity index (χ0v) is 18.2. The van der Waals surface area contributed by atoms with Crippen molar-refractivity contribution < 1.29 is 14.3 Å². The molecule has 0 saturated carbocycles. The van der Waals surface area contributed by atoms with Crippen molar-refractivity contribution in [3.05, 3.63) is 52.1 Å². The van der Waals surface area contributed by atoms with E-state index in [0.29, 0.717) is 31.8 Å². The predicted molar refractivity (Wildman–Crippen MR) is 116 cm³/mol. The molecule has 0 bridgehead atoms. The smallest absolute Gasteiger partial charge is 0.339 e. The van der Waals surface area contributed by atoms with Crippen molar-refractivity contribution in [2.75, 3.05) is 43.0 Å². The number of rotatable bonds is 4. The van der Waals surface area contributed by atoms with Crippen molar-refractivity contribution in [1.82, 2.24) is 9.88 Å². The third kappa shape index (κ3) is 5.47. The van der Waals surface area contributed by atoms with Gasteiger partial charge in [-0.3, -0.25) is 0 Å². The van der Waals surface area contributed by atoms with Gasteiger partial charge in [-0.25, -0.2) is 14.6 Å². The van der Waals surface area contributed by atoms with Gasteiger partial charge in [0, 0.05) is 36.8 Å². The van der Waals surface area contributed by atoms with E-state index in [-0.39, 0.29) is 12.0 Å². The molecule has 0 unspecified atom stereocenters. The quantitative estimate of drug-likeness (QED) is 0.695. The van der Waals surface area contributed by atoms with Crippen molar-refractivity contribution >= 4 is 39.4 Å². The highest BCUT2D eigenvalue weighted by molar-refractivity contribution is 9.10. The standard InChI is InChI=1S/C21H25BrN4O3/c1-3-29-20(27)16-6-8-19(23-14-16)25-9-4-10-26(12-11-25)21(28)24-18-7-5-15(2)13-17(18)22/h5-8,13-14H,3-4,9-12H2,1-2H3,(H,24,28). The van der Waals surface area contributed by atoms with Crippen LogP contribution in [-0.4, -0.2) is 54.7 Å². The molecule has 2 amide bonds. The van der Waals surface area contributed by atoms with Gasteiger partial charge in [0.2, 0.25) is 0 Å². The zero-order valence-electron chi connectivity index (χ0n) is 16.7. The number of halogens is 1. The number of esters is 1. The van der Waals surface area contributed by atoms with E-state index in [0.717, 1.165) is 34.5 Å². The normalized spacial score (nSPS) is 14.3. The minimum absolute atomic E-state index is 0.109. The number of benzene rings is 1. The molecule has 2 aromatic rings. The van der Waals surface area contributed by atoms with Gasteiger partial charge in [-0.1, -0.05) is 6.07 Å². The van der Waals surface area contributed by atoms with Gasteiger partial charge in [-0.2, -0.15) is 0 Å². The van der Waals surface area contributed by atoms with Gasteiger partial charge < -0.3 is 19.9 Å². The van der Waals surface area contributed by atoms with E-state index in [1.807, 2.05) is 36.1 Å². The van der Waals surface area contributed by atoms with E-state index in [1.54, 1.807) is 13.0 Å². The summed E-state index contributed by atoms with van der Waals surface area (Å²) in [4.78, 5) is 32.8. The molecule has 1 fully saturated rings. The number of hydrogen-bond acceptors (Lipinski definition) is 5. The summed E-state index contributed by atoms with van der Waals surface area (Å²) in [6.45, 7) is 6.86. The Hall–Kier alpha value is -2.61. The Bertz CT molecular complexity index is 873. The second-order valence-corrected chi connectivity index (χ2v) is 7.72. The van der Waals surface area contributed by atoms with Gasteiger partial charge in [0.05, 0.1) is 17.9 Å². The number of urea groups is 1. The van der Waals surface area contributed by atoms with Crippen molar-refractivity contribution in [3.8, 4) is 0 Å². The van der Waals surface area contributed by atoms with Crippen LogP contribution < -0.4 is 10.2 Å². The number of carbonyl (C=O) groups excluding carboxylic acids is 2. The van der Waals surface area contributed by atoms with E-state index in [2.05, 4.69) is 31.1 Å². The number of aromatic nitrogens is 1. The molecule has 3 rings (SSSR count). The largest absolute Gasteiger partial charge is 0.462 e. The Labute approximate surface area is 179 Å². The molecule has 0 radical (unpaired) electrons. The lowest BCUT2D eigenvalue weighted by atomic mass is 10.2. The highest BCUT2D eigenvalue weighted by atomic mass is 79.9. The number of amides is 2. The maximum absolute atomic E-state index is 12.7. The first kappa shape index (κ1) is 21.1. The van der Waals surface area contributed by atoms with E-state index in [1.165, 1.54) is 6.20 Å². The average molecular weight is 461 g/mol. The molecule has 7 nitrogen and oxygen atoms in total. The Morgan fingerprint density at radius 3 is 2.69 bits per heavy atom. The van der Waals surface area contributed by atoms with Crippen LogP contribution in [0.2, 0.25) is 0 Å². The van der Waals surface area contributed by atoms with E-state index in [4.69, 9.17) is 4.74 Å². The number of hydrogen-bond donors (Lipinski definition) is 1. The summed E-state index contributed by atoms with van der Waals surface area (Å²) in [6, 6.07) is 9.29. The van der Waals surface area contributed by atoms with Gasteiger partial charge in [-0.15, -0.1) is 0 Å². The summed E-state index contributed by atoms with van der Waals surface area (Å²) in [6.07, 6.45) is 2.38. The van der Waals surface area contributed by atoms with Gasteiger partial charge in [-0.05, 0) is 66.0 Å². The van der Waals surface area contributed by atoms with Crippen molar-refractivity contribution in [2.24, 2.45) is 0 Å². The summed E-state index contributed by atoms with van der Waals surface area (Å²) >= 11 is 3.50. The van der Waals surface area contributed by atoms with Crippen LogP contribution in [0, 0.1) is 6.92 Å². The summed E-state index contributed by atoms with van der Waals surface area (Å²) in [5.74, 6) is 0.425. The summed E-state index contributed by atoms with van der Waals surface area (Å²) in [5, 5.41) is 2.98. The van der Waals surface area contributed by atoms with E-state index in [9.17, 15) is 9.59 Å². The SMILES string of the molecule is CCOC(=O)c1ccc(N2CCCN(C(=O)Nc3ccc(C)cc3Br)CC2)nc1. The van der Waals surface area contributed by atoms with Crippen LogP contribution in [-0.2, 0) is 4.74 Å². The summed E-state index contributed by atoms with van der Waals surface area (Å²) in [7, 11) is 0. The predicted octanol–water partition coefficient (Wildman–Crippen LogP) is 4.07. The monoisotopic (exact) mass is 460 g/mol. The minimum Gasteiger partial charge on any atom is -0.462 e. The Morgan fingerprint density at radius 1 is 1.17 bits per heavy atom. The number of nitrogens with one attached hydrogen (secondary N) is 1. The fourth-order valence-corrected chi connectivity index (χ4v) is 3.77. The number of carbonyl (C=O) groups is 2. The first-order chi connectivity index (χ1) is 14.0. The minimum atomic E-state index is -0.368. The molecule has 0 spiro atoms. The number of pyridine rings is 1. The molecule has 1 N–H and O–H groups in total. The van der Waals surface area contributed by atoms with Gasteiger partial charge >= 0.3 is 12.0 Å². The van der Waals surface area contributed by atoms with Crippen LogP contribution in [0.25, 0.3) is 0 Å². The molecule has 29 heavy (non-hydrogen) atoms. The van der Waals surface area contributed by atoms with E-state index >= 15 is 0 Å². The highest BCUT2D eigenvalue weighted by Crippen LogP contribution is 2.24. The lowest BCUT2D eigenvalue weighted by Crippen LogP contribution is -2.38. The molecule has 1 aromatic carbocycles. The van der Waals surface area contributed by atoms with Crippen LogP contribution in [0.4, 0.5) is 16.3 Å². The van der Waals surface area contributed by atoms with E-state index < -0.39 is 0 Å². The molecule has 8 heteroatoms. The molecular formula is C21H25BrN4O3. The van der Waals surface area contributed by atoms with Crippen LogP contribution in [0.1, 0.15) is 29.3 Å². The van der Waals surface area contributed by atoms with Gasteiger partial charge in [0.1, 0.15) is 5.82 Å². The van der Waals surface area contributed by atoms with Crippen LogP contribution >= 0.6 is 15.9 Å². The highest BCUT2D eigenvalue weighted by Gasteiger charge is 2.21.